The number of carbonyl (C=O) groups is 1. The Morgan fingerprint density at radius 1 is 1.17 bits per heavy atom. The molecule has 88 valence electrons. The summed E-state index contributed by atoms with van der Waals surface area (Å²) < 4.78 is 18.7. The van der Waals surface area contributed by atoms with E-state index in [9.17, 15) is 9.18 Å². The van der Waals surface area contributed by atoms with Crippen molar-refractivity contribution in [3.05, 3.63) is 65.9 Å². The third kappa shape index (κ3) is 1.68. The van der Waals surface area contributed by atoms with Gasteiger partial charge in [0.05, 0.1) is 0 Å². The Kier molecular flexibility index (Phi) is 2.41. The fourth-order valence-electron chi connectivity index (χ4n) is 1.78. The summed E-state index contributed by atoms with van der Waals surface area (Å²) >= 11 is 0. The number of halogens is 1. The molecule has 0 aliphatic carbocycles. The Bertz CT molecular complexity index is 719. The number of fused-ring (bicyclic) bond motifs is 1. The van der Waals surface area contributed by atoms with Crippen LogP contribution in [0.3, 0.4) is 0 Å². The largest absolute Gasteiger partial charge is 0.449 e. The normalized spacial score (nSPS) is 10.7. The number of aromatic nitrogens is 1. The molecule has 0 saturated carbocycles. The van der Waals surface area contributed by atoms with Gasteiger partial charge in [-0.3, -0.25) is 9.78 Å². The highest BCUT2D eigenvalue weighted by Gasteiger charge is 2.15. The molecule has 2 aromatic heterocycles. The van der Waals surface area contributed by atoms with Crippen molar-refractivity contribution >= 4 is 16.8 Å². The minimum absolute atomic E-state index is 0.106. The van der Waals surface area contributed by atoms with Crippen molar-refractivity contribution in [2.75, 3.05) is 0 Å². The summed E-state index contributed by atoms with van der Waals surface area (Å²) in [5, 5.41) is 0.576. The molecule has 0 bridgehead atoms. The Morgan fingerprint density at radius 3 is 2.67 bits per heavy atom. The van der Waals surface area contributed by atoms with Crippen molar-refractivity contribution in [1.29, 1.82) is 0 Å². The lowest BCUT2D eigenvalue weighted by atomic mass is 10.1. The van der Waals surface area contributed by atoms with Crippen LogP contribution in [0.2, 0.25) is 0 Å². The number of carbonyl (C=O) groups excluding carboxylic acids is 1. The number of para-hydroxylation sites is 1. The van der Waals surface area contributed by atoms with E-state index in [0.717, 1.165) is 0 Å². The van der Waals surface area contributed by atoms with Gasteiger partial charge < -0.3 is 4.42 Å². The molecule has 18 heavy (non-hydrogen) atoms. The van der Waals surface area contributed by atoms with Crippen LogP contribution in [0.15, 0.2) is 53.2 Å². The van der Waals surface area contributed by atoms with Gasteiger partial charge in [-0.1, -0.05) is 12.1 Å². The Labute approximate surface area is 102 Å². The molecule has 1 aromatic carbocycles. The summed E-state index contributed by atoms with van der Waals surface area (Å²) in [4.78, 5) is 15.9. The van der Waals surface area contributed by atoms with E-state index in [1.807, 2.05) is 0 Å². The number of hydrogen-bond donors (Lipinski definition) is 0. The van der Waals surface area contributed by atoms with E-state index in [4.69, 9.17) is 4.42 Å². The smallest absolute Gasteiger partial charge is 0.228 e. The van der Waals surface area contributed by atoms with Gasteiger partial charge in [-0.05, 0) is 24.3 Å². The van der Waals surface area contributed by atoms with E-state index in [-0.39, 0.29) is 17.1 Å². The van der Waals surface area contributed by atoms with E-state index in [1.165, 1.54) is 18.5 Å². The monoisotopic (exact) mass is 241 g/mol. The molecular weight excluding hydrogens is 233 g/mol. The summed E-state index contributed by atoms with van der Waals surface area (Å²) in [6, 6.07) is 9.30. The molecule has 3 rings (SSSR count). The highest BCUT2D eigenvalue weighted by molar-refractivity contribution is 6.08. The van der Waals surface area contributed by atoms with Crippen molar-refractivity contribution < 1.29 is 13.6 Å². The lowest BCUT2D eigenvalue weighted by Gasteiger charge is -1.95. The van der Waals surface area contributed by atoms with Gasteiger partial charge in [-0.15, -0.1) is 0 Å². The first kappa shape index (κ1) is 10.7. The lowest BCUT2D eigenvalue weighted by Crippen LogP contribution is -1.98. The number of hydrogen-bond acceptors (Lipinski definition) is 3. The Morgan fingerprint density at radius 2 is 1.94 bits per heavy atom. The zero-order chi connectivity index (χ0) is 12.5. The number of ketones is 1. The molecule has 0 aliphatic heterocycles. The molecule has 0 atom stereocenters. The highest BCUT2D eigenvalue weighted by Crippen LogP contribution is 2.23. The van der Waals surface area contributed by atoms with Crippen LogP contribution in [0.5, 0.6) is 0 Å². The average molecular weight is 241 g/mol. The topological polar surface area (TPSA) is 43.1 Å². The van der Waals surface area contributed by atoms with Crippen molar-refractivity contribution in [2.45, 2.75) is 0 Å². The van der Waals surface area contributed by atoms with E-state index >= 15 is 0 Å². The molecule has 3 nitrogen and oxygen atoms in total. The van der Waals surface area contributed by atoms with Crippen LogP contribution < -0.4 is 0 Å². The second-order valence-electron chi connectivity index (χ2n) is 3.83. The summed E-state index contributed by atoms with van der Waals surface area (Å²) in [5.41, 5.74) is 0.569. The van der Waals surface area contributed by atoms with E-state index in [1.54, 1.807) is 30.3 Å². The summed E-state index contributed by atoms with van der Waals surface area (Å²) in [6.07, 6.45) is 3.05. The molecule has 0 fully saturated rings. The van der Waals surface area contributed by atoms with Crippen LogP contribution in [0.1, 0.15) is 16.1 Å². The molecule has 0 spiro atoms. The fraction of sp³-hybridized carbons (Fsp3) is 0. The molecule has 0 unspecified atom stereocenters. The molecular formula is C14H8FNO2. The number of nitrogens with zero attached hydrogens (tertiary/aromatic N) is 1. The van der Waals surface area contributed by atoms with Crippen LogP contribution in [0.25, 0.3) is 11.0 Å². The van der Waals surface area contributed by atoms with Crippen LogP contribution in [0.4, 0.5) is 4.39 Å². The van der Waals surface area contributed by atoms with Crippen molar-refractivity contribution in [3.63, 3.8) is 0 Å². The molecule has 0 saturated heterocycles. The summed E-state index contributed by atoms with van der Waals surface area (Å²) in [7, 11) is 0. The van der Waals surface area contributed by atoms with Gasteiger partial charge in [0.1, 0.15) is 0 Å². The highest BCUT2D eigenvalue weighted by atomic mass is 19.1. The molecule has 0 radical (unpaired) electrons. The van der Waals surface area contributed by atoms with E-state index < -0.39 is 5.82 Å². The molecule has 3 aromatic rings. The van der Waals surface area contributed by atoms with Crippen LogP contribution in [0, 0.1) is 5.82 Å². The average Bonchev–Trinajstić information content (AvgIpc) is 2.84. The molecule has 4 heteroatoms. The second-order valence-corrected chi connectivity index (χ2v) is 3.83. The Hall–Kier alpha value is -2.49. The second kappa shape index (κ2) is 4.07. The molecule has 0 aliphatic rings. The third-order valence-corrected chi connectivity index (χ3v) is 2.66. The molecule has 0 amide bonds. The molecule has 2 heterocycles. The Balaban J connectivity index is 2.10. The predicted molar refractivity (Wildman–Crippen MR) is 63.8 cm³/mol. The van der Waals surface area contributed by atoms with E-state index in [0.29, 0.717) is 10.9 Å². The van der Waals surface area contributed by atoms with Crippen LogP contribution in [-0.4, -0.2) is 10.8 Å². The lowest BCUT2D eigenvalue weighted by molar-refractivity contribution is 0.101. The first-order valence-corrected chi connectivity index (χ1v) is 5.38. The number of pyridine rings is 1. The SMILES string of the molecule is O=C(c1ccncc1)c1cc2cccc(F)c2o1. The maximum absolute atomic E-state index is 13.5. The minimum Gasteiger partial charge on any atom is -0.449 e. The number of benzene rings is 1. The van der Waals surface area contributed by atoms with Crippen molar-refractivity contribution in [3.8, 4) is 0 Å². The first-order chi connectivity index (χ1) is 8.75. The minimum atomic E-state index is -0.471. The van der Waals surface area contributed by atoms with Crippen LogP contribution in [-0.2, 0) is 0 Å². The van der Waals surface area contributed by atoms with E-state index in [2.05, 4.69) is 4.98 Å². The first-order valence-electron chi connectivity index (χ1n) is 5.38. The zero-order valence-corrected chi connectivity index (χ0v) is 9.26. The molecule has 0 N–H and O–H groups in total. The van der Waals surface area contributed by atoms with Crippen LogP contribution >= 0.6 is 0 Å². The van der Waals surface area contributed by atoms with Gasteiger partial charge in [0.2, 0.25) is 5.78 Å². The summed E-state index contributed by atoms with van der Waals surface area (Å²) in [6.45, 7) is 0. The van der Waals surface area contributed by atoms with Gasteiger partial charge in [0.25, 0.3) is 0 Å². The zero-order valence-electron chi connectivity index (χ0n) is 9.26. The maximum atomic E-state index is 13.5. The standard InChI is InChI=1S/C14H8FNO2/c15-11-3-1-2-10-8-12(18-14(10)11)13(17)9-4-6-16-7-5-9/h1-8H. The van der Waals surface area contributed by atoms with Gasteiger partial charge in [-0.2, -0.15) is 0 Å². The van der Waals surface area contributed by atoms with Gasteiger partial charge in [0, 0.05) is 23.3 Å². The van der Waals surface area contributed by atoms with Crippen molar-refractivity contribution in [2.24, 2.45) is 0 Å². The van der Waals surface area contributed by atoms with Gasteiger partial charge in [-0.25, -0.2) is 4.39 Å². The maximum Gasteiger partial charge on any atom is 0.228 e. The summed E-state index contributed by atoms with van der Waals surface area (Å²) in [5.74, 6) is -0.629. The van der Waals surface area contributed by atoms with Gasteiger partial charge >= 0.3 is 0 Å². The number of rotatable bonds is 2. The third-order valence-electron chi connectivity index (χ3n) is 2.66. The van der Waals surface area contributed by atoms with Crippen molar-refractivity contribution in [1.82, 2.24) is 4.98 Å². The predicted octanol–water partition coefficient (Wildman–Crippen LogP) is 3.20. The quantitative estimate of drug-likeness (QED) is 0.647. The van der Waals surface area contributed by atoms with Gasteiger partial charge in [0.15, 0.2) is 17.2 Å². The fourth-order valence-corrected chi connectivity index (χ4v) is 1.78. The number of furan rings is 1.